The fraction of sp³-hybridized carbons (Fsp3) is 0.417. The molecule has 3 N–H and O–H groups in total. The van der Waals surface area contributed by atoms with E-state index in [4.69, 9.17) is 10.3 Å². The van der Waals surface area contributed by atoms with Crippen LogP contribution >= 0.6 is 0 Å². The van der Waals surface area contributed by atoms with Gasteiger partial charge in [-0.3, -0.25) is 10.1 Å². The minimum Gasteiger partial charge on any atom is -0.378 e. The number of aryl methyl sites for hydroxylation is 2. The molecule has 0 spiro atoms. The van der Waals surface area contributed by atoms with E-state index in [9.17, 15) is 10.1 Å². The van der Waals surface area contributed by atoms with Crippen molar-refractivity contribution in [2.24, 2.45) is 0 Å². The maximum absolute atomic E-state index is 10.6. The number of nitrogens with one attached hydrogen (secondary N) is 1. The van der Waals surface area contributed by atoms with Gasteiger partial charge in [0.15, 0.2) is 0 Å². The second-order valence-corrected chi connectivity index (χ2v) is 4.55. The van der Waals surface area contributed by atoms with E-state index < -0.39 is 4.92 Å². The molecule has 0 fully saturated rings. The molecule has 0 atom stereocenters. The lowest BCUT2D eigenvalue weighted by Crippen LogP contribution is -2.09. The van der Waals surface area contributed by atoms with Gasteiger partial charge in [0.25, 0.3) is 0 Å². The van der Waals surface area contributed by atoms with Gasteiger partial charge in [-0.15, -0.1) is 0 Å². The Bertz CT molecular complexity index is 635. The number of nitrogen functional groups attached to an aromatic ring is 1. The number of hydrogen-bond acceptors (Lipinski definition) is 8. The van der Waals surface area contributed by atoms with E-state index in [1.807, 2.05) is 13.8 Å². The fourth-order valence-electron chi connectivity index (χ4n) is 1.94. The molecule has 2 heterocycles. The third kappa shape index (κ3) is 3.44. The van der Waals surface area contributed by atoms with Gasteiger partial charge >= 0.3 is 5.69 Å². The lowest BCUT2D eigenvalue weighted by Gasteiger charge is -2.05. The molecule has 9 heteroatoms. The molecule has 0 saturated carbocycles. The van der Waals surface area contributed by atoms with Crippen LogP contribution in [0.15, 0.2) is 10.7 Å². The third-order valence-electron chi connectivity index (χ3n) is 3.06. The molecule has 0 aliphatic rings. The van der Waals surface area contributed by atoms with Crippen LogP contribution in [-0.4, -0.2) is 26.6 Å². The molecule has 0 aromatic carbocycles. The Morgan fingerprint density at radius 2 is 2.24 bits per heavy atom. The summed E-state index contributed by atoms with van der Waals surface area (Å²) in [5.74, 6) is 0.948. The van der Waals surface area contributed by atoms with Crippen LogP contribution in [0.5, 0.6) is 0 Å². The highest BCUT2D eigenvalue weighted by Crippen LogP contribution is 2.18. The molecule has 0 aliphatic carbocycles. The Labute approximate surface area is 120 Å². The number of aromatic nitrogens is 3. The first kappa shape index (κ1) is 14.7. The number of rotatable bonds is 6. The van der Waals surface area contributed by atoms with Crippen molar-refractivity contribution >= 4 is 17.5 Å². The normalized spacial score (nSPS) is 10.6. The summed E-state index contributed by atoms with van der Waals surface area (Å²) in [6, 6.07) is 0. The highest BCUT2D eigenvalue weighted by molar-refractivity contribution is 5.53. The quantitative estimate of drug-likeness (QED) is 0.466. The molecule has 21 heavy (non-hydrogen) atoms. The van der Waals surface area contributed by atoms with Crippen molar-refractivity contribution < 1.29 is 9.45 Å². The van der Waals surface area contributed by atoms with Crippen molar-refractivity contribution in [2.75, 3.05) is 17.6 Å². The van der Waals surface area contributed by atoms with Gasteiger partial charge in [0.1, 0.15) is 12.0 Å². The van der Waals surface area contributed by atoms with Crippen LogP contribution in [0.2, 0.25) is 0 Å². The predicted octanol–water partition coefficient (Wildman–Crippen LogP) is 1.62. The highest BCUT2D eigenvalue weighted by atomic mass is 16.6. The largest absolute Gasteiger partial charge is 0.378 e. The molecule has 112 valence electrons. The summed E-state index contributed by atoms with van der Waals surface area (Å²) in [6.07, 6.45) is 2.73. The molecule has 2 aromatic rings. The summed E-state index contributed by atoms with van der Waals surface area (Å²) in [6.45, 7) is 4.39. The van der Waals surface area contributed by atoms with Crippen molar-refractivity contribution in [3.8, 4) is 0 Å². The predicted molar refractivity (Wildman–Crippen MR) is 75.9 cm³/mol. The topological polar surface area (TPSA) is 133 Å². The van der Waals surface area contributed by atoms with Crippen molar-refractivity contribution in [1.29, 1.82) is 0 Å². The van der Waals surface area contributed by atoms with E-state index in [-0.39, 0.29) is 17.5 Å². The second kappa shape index (κ2) is 6.16. The van der Waals surface area contributed by atoms with Crippen LogP contribution in [-0.2, 0) is 6.42 Å². The Balaban J connectivity index is 1.87. The van der Waals surface area contributed by atoms with E-state index in [0.717, 1.165) is 36.1 Å². The smallest absolute Gasteiger partial charge is 0.329 e. The zero-order valence-corrected chi connectivity index (χ0v) is 11.8. The molecular weight excluding hydrogens is 276 g/mol. The molecule has 0 radical (unpaired) electrons. The van der Waals surface area contributed by atoms with Gasteiger partial charge in [-0.25, -0.2) is 4.98 Å². The fourth-order valence-corrected chi connectivity index (χ4v) is 1.94. The van der Waals surface area contributed by atoms with Crippen molar-refractivity contribution in [1.82, 2.24) is 15.1 Å². The van der Waals surface area contributed by atoms with E-state index in [1.54, 1.807) is 0 Å². The number of nitrogens with zero attached hydrogens (tertiary/aromatic N) is 4. The van der Waals surface area contributed by atoms with Crippen LogP contribution in [0.1, 0.15) is 23.4 Å². The van der Waals surface area contributed by atoms with Gasteiger partial charge < -0.3 is 15.6 Å². The van der Waals surface area contributed by atoms with E-state index in [1.165, 1.54) is 0 Å². The zero-order valence-electron chi connectivity index (χ0n) is 11.8. The Morgan fingerprint density at radius 1 is 1.48 bits per heavy atom. The second-order valence-electron chi connectivity index (χ2n) is 4.55. The summed E-state index contributed by atoms with van der Waals surface area (Å²) in [4.78, 5) is 17.7. The maximum Gasteiger partial charge on any atom is 0.329 e. The molecule has 0 saturated heterocycles. The van der Waals surface area contributed by atoms with Crippen LogP contribution < -0.4 is 11.1 Å². The van der Waals surface area contributed by atoms with Crippen molar-refractivity contribution in [2.45, 2.75) is 26.7 Å². The number of nitrogens with two attached hydrogens (primary N) is 1. The number of anilines is 2. The monoisotopic (exact) mass is 292 g/mol. The van der Waals surface area contributed by atoms with Crippen LogP contribution in [0, 0.1) is 24.0 Å². The third-order valence-corrected chi connectivity index (χ3v) is 3.06. The molecular formula is C12H16N6O3. The lowest BCUT2D eigenvalue weighted by molar-refractivity contribution is -0.384. The standard InChI is InChI=1S/C12H16N6O3/c1-7-9(8(2)21-17-7)4-3-5-14-12-15-6-10(18(19)20)11(13)16-12/h6H,3-5H2,1-2H3,(H3,13,14,15,16). The molecule has 2 aromatic heterocycles. The van der Waals surface area contributed by atoms with Gasteiger partial charge in [-0.2, -0.15) is 4.98 Å². The summed E-state index contributed by atoms with van der Waals surface area (Å²) < 4.78 is 5.09. The van der Waals surface area contributed by atoms with Crippen LogP contribution in [0.25, 0.3) is 0 Å². The van der Waals surface area contributed by atoms with Crippen molar-refractivity contribution in [3.05, 3.63) is 33.3 Å². The molecule has 0 unspecified atom stereocenters. The summed E-state index contributed by atoms with van der Waals surface area (Å²) in [5.41, 5.74) is 7.18. The van der Waals surface area contributed by atoms with E-state index in [0.29, 0.717) is 6.54 Å². The first-order valence-electron chi connectivity index (χ1n) is 6.41. The molecule has 9 nitrogen and oxygen atoms in total. The minimum atomic E-state index is -0.615. The van der Waals surface area contributed by atoms with Crippen LogP contribution in [0.3, 0.4) is 0 Å². The number of hydrogen-bond donors (Lipinski definition) is 2. The summed E-state index contributed by atoms with van der Waals surface area (Å²) >= 11 is 0. The molecule has 2 rings (SSSR count). The Hall–Kier alpha value is -2.71. The minimum absolute atomic E-state index is 0.150. The van der Waals surface area contributed by atoms with E-state index in [2.05, 4.69) is 20.4 Å². The van der Waals surface area contributed by atoms with Gasteiger partial charge in [0, 0.05) is 12.1 Å². The summed E-state index contributed by atoms with van der Waals surface area (Å²) in [7, 11) is 0. The lowest BCUT2D eigenvalue weighted by atomic mass is 10.1. The zero-order chi connectivity index (χ0) is 15.4. The number of nitro groups is 1. The average Bonchev–Trinajstić information content (AvgIpc) is 2.74. The van der Waals surface area contributed by atoms with Gasteiger partial charge in [0.2, 0.25) is 11.8 Å². The molecule has 0 aliphatic heterocycles. The van der Waals surface area contributed by atoms with E-state index >= 15 is 0 Å². The molecule has 0 bridgehead atoms. The van der Waals surface area contributed by atoms with Crippen molar-refractivity contribution in [3.63, 3.8) is 0 Å². The Morgan fingerprint density at radius 3 is 2.81 bits per heavy atom. The van der Waals surface area contributed by atoms with Gasteiger partial charge in [-0.1, -0.05) is 5.16 Å². The first-order valence-corrected chi connectivity index (χ1v) is 6.41. The Kier molecular flexibility index (Phi) is 4.31. The average molecular weight is 292 g/mol. The van der Waals surface area contributed by atoms with Crippen LogP contribution in [0.4, 0.5) is 17.5 Å². The SMILES string of the molecule is Cc1noc(C)c1CCCNc1ncc([N+](=O)[O-])c(N)n1. The first-order chi connectivity index (χ1) is 9.99. The van der Waals surface area contributed by atoms with Gasteiger partial charge in [0.05, 0.1) is 10.6 Å². The highest BCUT2D eigenvalue weighted by Gasteiger charge is 2.14. The van der Waals surface area contributed by atoms with Gasteiger partial charge in [-0.05, 0) is 26.7 Å². The summed E-state index contributed by atoms with van der Waals surface area (Å²) in [5, 5.41) is 17.5. The maximum atomic E-state index is 10.6. The molecule has 0 amide bonds.